The highest BCUT2D eigenvalue weighted by molar-refractivity contribution is 14.1. The van der Waals surface area contributed by atoms with Crippen LogP contribution in [0, 0.1) is 17.8 Å². The van der Waals surface area contributed by atoms with Crippen molar-refractivity contribution < 1.29 is 0 Å². The van der Waals surface area contributed by atoms with Crippen LogP contribution >= 0.6 is 22.6 Å². The summed E-state index contributed by atoms with van der Waals surface area (Å²) in [6, 6.07) is 0. The second kappa shape index (κ2) is 4.83. The van der Waals surface area contributed by atoms with E-state index in [1.807, 2.05) is 0 Å². The molecule has 0 aliphatic heterocycles. The minimum absolute atomic E-state index is 0.895. The summed E-state index contributed by atoms with van der Waals surface area (Å²) in [6.07, 6.45) is 5.87. The third-order valence-corrected chi connectivity index (χ3v) is 4.75. The van der Waals surface area contributed by atoms with Crippen molar-refractivity contribution in [3.63, 3.8) is 0 Å². The first-order chi connectivity index (χ1) is 5.59. The molecule has 0 heterocycles. The molecule has 1 aliphatic carbocycles. The topological polar surface area (TPSA) is 0 Å². The Morgan fingerprint density at radius 1 is 1.33 bits per heavy atom. The maximum absolute atomic E-state index is 2.64. The van der Waals surface area contributed by atoms with Gasteiger partial charge in [-0.3, -0.25) is 0 Å². The SMILES string of the molecule is CC(C)CC1CCC(C)C(I)C1. The lowest BCUT2D eigenvalue weighted by molar-refractivity contribution is 0.270. The van der Waals surface area contributed by atoms with Crippen LogP contribution in [0.25, 0.3) is 0 Å². The van der Waals surface area contributed by atoms with Crippen LogP contribution < -0.4 is 0 Å². The zero-order chi connectivity index (χ0) is 9.14. The van der Waals surface area contributed by atoms with E-state index >= 15 is 0 Å². The van der Waals surface area contributed by atoms with Crippen LogP contribution in [0.5, 0.6) is 0 Å². The molecule has 1 aliphatic rings. The van der Waals surface area contributed by atoms with Gasteiger partial charge in [0.2, 0.25) is 0 Å². The fourth-order valence-corrected chi connectivity index (χ4v) is 3.31. The lowest BCUT2D eigenvalue weighted by atomic mass is 9.79. The van der Waals surface area contributed by atoms with Gasteiger partial charge in [-0.15, -0.1) is 0 Å². The summed E-state index contributed by atoms with van der Waals surface area (Å²) < 4.78 is 0.945. The van der Waals surface area contributed by atoms with Crippen molar-refractivity contribution in [1.29, 1.82) is 0 Å². The van der Waals surface area contributed by atoms with Crippen LogP contribution in [-0.4, -0.2) is 3.92 Å². The van der Waals surface area contributed by atoms with Crippen molar-refractivity contribution in [3.8, 4) is 0 Å². The Morgan fingerprint density at radius 2 is 2.00 bits per heavy atom. The fourth-order valence-electron chi connectivity index (χ4n) is 2.23. The van der Waals surface area contributed by atoms with Gasteiger partial charge >= 0.3 is 0 Å². The standard InChI is InChI=1S/C11H21I/c1-8(2)6-10-5-4-9(3)11(12)7-10/h8-11H,4-7H2,1-3H3. The first-order valence-electron chi connectivity index (χ1n) is 5.23. The van der Waals surface area contributed by atoms with Gasteiger partial charge in [0.15, 0.2) is 0 Å². The summed E-state index contributed by atoms with van der Waals surface area (Å²) in [5, 5.41) is 0. The van der Waals surface area contributed by atoms with Gasteiger partial charge in [-0.1, -0.05) is 49.8 Å². The van der Waals surface area contributed by atoms with Crippen molar-refractivity contribution in [2.75, 3.05) is 0 Å². The minimum atomic E-state index is 0.895. The first-order valence-corrected chi connectivity index (χ1v) is 6.48. The van der Waals surface area contributed by atoms with Gasteiger partial charge in [0.25, 0.3) is 0 Å². The average molecular weight is 280 g/mol. The molecule has 3 unspecified atom stereocenters. The summed E-state index contributed by atoms with van der Waals surface area (Å²) in [7, 11) is 0. The molecule has 0 aromatic heterocycles. The third kappa shape index (κ3) is 3.23. The van der Waals surface area contributed by atoms with Gasteiger partial charge in [-0.25, -0.2) is 0 Å². The van der Waals surface area contributed by atoms with E-state index in [2.05, 4.69) is 43.4 Å². The Hall–Kier alpha value is 0.730. The maximum Gasteiger partial charge on any atom is 0.0138 e. The van der Waals surface area contributed by atoms with Gasteiger partial charge < -0.3 is 0 Å². The summed E-state index contributed by atoms with van der Waals surface area (Å²) >= 11 is 2.64. The Balaban J connectivity index is 2.30. The molecular weight excluding hydrogens is 259 g/mol. The Kier molecular flexibility index (Phi) is 4.35. The van der Waals surface area contributed by atoms with Crippen LogP contribution in [-0.2, 0) is 0 Å². The molecule has 3 atom stereocenters. The first kappa shape index (κ1) is 10.8. The van der Waals surface area contributed by atoms with Gasteiger partial charge in [-0.05, 0) is 37.0 Å². The number of rotatable bonds is 2. The Labute approximate surface area is 90.6 Å². The summed E-state index contributed by atoms with van der Waals surface area (Å²) in [5.74, 6) is 2.89. The van der Waals surface area contributed by atoms with Crippen molar-refractivity contribution in [1.82, 2.24) is 0 Å². The molecule has 1 heteroatoms. The van der Waals surface area contributed by atoms with Gasteiger partial charge in [0.1, 0.15) is 0 Å². The molecule has 1 rings (SSSR count). The predicted octanol–water partition coefficient (Wildman–Crippen LogP) is 4.27. The quantitative estimate of drug-likeness (QED) is 0.523. The van der Waals surface area contributed by atoms with E-state index < -0.39 is 0 Å². The molecular formula is C11H21I. The molecule has 0 aromatic rings. The summed E-state index contributed by atoms with van der Waals surface area (Å²) in [5.41, 5.74) is 0. The number of hydrogen-bond donors (Lipinski definition) is 0. The van der Waals surface area contributed by atoms with Crippen molar-refractivity contribution in [2.45, 2.75) is 50.4 Å². The normalized spacial score (nSPS) is 37.2. The highest BCUT2D eigenvalue weighted by Gasteiger charge is 2.25. The Bertz CT molecular complexity index is 131. The molecule has 0 N–H and O–H groups in total. The van der Waals surface area contributed by atoms with Crippen molar-refractivity contribution in [3.05, 3.63) is 0 Å². The largest absolute Gasteiger partial charge is 0.0823 e. The van der Waals surface area contributed by atoms with Crippen LogP contribution in [0.2, 0.25) is 0 Å². The highest BCUT2D eigenvalue weighted by Crippen LogP contribution is 2.36. The van der Waals surface area contributed by atoms with Crippen LogP contribution in [0.1, 0.15) is 46.5 Å². The molecule has 0 saturated heterocycles. The zero-order valence-electron chi connectivity index (χ0n) is 8.52. The van der Waals surface area contributed by atoms with Crippen molar-refractivity contribution in [2.24, 2.45) is 17.8 Å². The van der Waals surface area contributed by atoms with Gasteiger partial charge in [-0.2, -0.15) is 0 Å². The number of hydrogen-bond acceptors (Lipinski definition) is 0. The molecule has 12 heavy (non-hydrogen) atoms. The second-order valence-electron chi connectivity index (χ2n) is 4.80. The number of halogens is 1. The summed E-state index contributed by atoms with van der Waals surface area (Å²) in [4.78, 5) is 0. The molecule has 0 aromatic carbocycles. The molecule has 1 fully saturated rings. The molecule has 0 radical (unpaired) electrons. The maximum atomic E-state index is 2.64. The molecule has 0 bridgehead atoms. The van der Waals surface area contributed by atoms with Crippen molar-refractivity contribution >= 4 is 22.6 Å². The summed E-state index contributed by atoms with van der Waals surface area (Å²) in [6.45, 7) is 7.10. The van der Waals surface area contributed by atoms with E-state index in [0.717, 1.165) is 21.7 Å². The highest BCUT2D eigenvalue weighted by atomic mass is 127. The number of alkyl halides is 1. The monoisotopic (exact) mass is 280 g/mol. The third-order valence-electron chi connectivity index (χ3n) is 3.01. The molecule has 0 spiro atoms. The van der Waals surface area contributed by atoms with E-state index in [-0.39, 0.29) is 0 Å². The fraction of sp³-hybridized carbons (Fsp3) is 1.00. The predicted molar refractivity (Wildman–Crippen MR) is 63.8 cm³/mol. The molecule has 72 valence electrons. The van der Waals surface area contributed by atoms with E-state index in [0.29, 0.717) is 0 Å². The van der Waals surface area contributed by atoms with Crippen LogP contribution in [0.3, 0.4) is 0 Å². The van der Waals surface area contributed by atoms with Crippen LogP contribution in [0.4, 0.5) is 0 Å². The van der Waals surface area contributed by atoms with Gasteiger partial charge in [0, 0.05) is 3.92 Å². The lowest BCUT2D eigenvalue weighted by Gasteiger charge is -2.31. The van der Waals surface area contributed by atoms with Gasteiger partial charge in [0.05, 0.1) is 0 Å². The second-order valence-corrected chi connectivity index (χ2v) is 6.40. The average Bonchev–Trinajstić information content (AvgIpc) is 1.96. The van der Waals surface area contributed by atoms with E-state index in [1.165, 1.54) is 25.7 Å². The minimum Gasteiger partial charge on any atom is -0.0823 e. The Morgan fingerprint density at radius 3 is 2.50 bits per heavy atom. The molecule has 0 nitrogen and oxygen atoms in total. The smallest absolute Gasteiger partial charge is 0.0138 e. The zero-order valence-corrected chi connectivity index (χ0v) is 10.7. The van der Waals surface area contributed by atoms with E-state index in [1.54, 1.807) is 0 Å². The molecule has 0 amide bonds. The van der Waals surface area contributed by atoms with Crippen LogP contribution in [0.15, 0.2) is 0 Å². The van der Waals surface area contributed by atoms with E-state index in [9.17, 15) is 0 Å². The van der Waals surface area contributed by atoms with E-state index in [4.69, 9.17) is 0 Å². The lowest BCUT2D eigenvalue weighted by Crippen LogP contribution is -2.23. The molecule has 1 saturated carbocycles.